The first-order valence-electron chi connectivity index (χ1n) is 11.0. The Kier molecular flexibility index (Phi) is 8.18. The number of hydrogen-bond acceptors (Lipinski definition) is 10. The quantitative estimate of drug-likeness (QED) is 0.407. The fraction of sp³-hybridized carbons (Fsp3) is 0.348. The smallest absolute Gasteiger partial charge is 0.331 e. The van der Waals surface area contributed by atoms with Gasteiger partial charge in [0.2, 0.25) is 5.91 Å². The first-order chi connectivity index (χ1) is 17.4. The number of anilines is 1. The van der Waals surface area contributed by atoms with E-state index in [1.165, 1.54) is 29.7 Å². The van der Waals surface area contributed by atoms with Crippen molar-refractivity contribution in [1.82, 2.24) is 19.8 Å². The topological polar surface area (TPSA) is 137 Å². The second kappa shape index (κ2) is 11.5. The van der Waals surface area contributed by atoms with Gasteiger partial charge in [-0.05, 0) is 29.8 Å². The number of halogens is 1. The lowest BCUT2D eigenvalue weighted by Gasteiger charge is -2.40. The number of hydrogen-bond donors (Lipinski definition) is 1. The van der Waals surface area contributed by atoms with Gasteiger partial charge in [0, 0.05) is 25.0 Å². The largest absolute Gasteiger partial charge is 0.474 e. The van der Waals surface area contributed by atoms with E-state index in [9.17, 15) is 14.4 Å². The number of amides is 2. The molecule has 1 aliphatic rings. The highest BCUT2D eigenvalue weighted by atomic mass is 35.5. The molecule has 2 aromatic heterocycles. The van der Waals surface area contributed by atoms with Gasteiger partial charge in [0.15, 0.2) is 11.7 Å². The number of esters is 1. The Morgan fingerprint density at radius 1 is 1.19 bits per heavy atom. The van der Waals surface area contributed by atoms with Crippen molar-refractivity contribution in [2.75, 3.05) is 45.8 Å². The third-order valence-corrected chi connectivity index (χ3v) is 6.76. The second-order valence-corrected chi connectivity index (χ2v) is 9.59. The summed E-state index contributed by atoms with van der Waals surface area (Å²) in [6, 6.07) is 7.93. The second-order valence-electron chi connectivity index (χ2n) is 7.91. The lowest BCUT2D eigenvalue weighted by Crippen LogP contribution is -2.60. The van der Waals surface area contributed by atoms with Crippen molar-refractivity contribution >= 4 is 57.4 Å². The summed E-state index contributed by atoms with van der Waals surface area (Å²) in [5.41, 5.74) is 7.42. The summed E-state index contributed by atoms with van der Waals surface area (Å²) in [6.07, 6.45) is 1.39. The molecule has 0 unspecified atom stereocenters. The molecule has 0 saturated carbocycles. The van der Waals surface area contributed by atoms with E-state index < -0.39 is 12.0 Å². The number of carbonyl (C=O) groups is 3. The molecule has 1 aliphatic heterocycles. The maximum atomic E-state index is 13.4. The van der Waals surface area contributed by atoms with E-state index >= 15 is 0 Å². The van der Waals surface area contributed by atoms with Crippen molar-refractivity contribution in [1.29, 1.82) is 0 Å². The number of methoxy groups -OCH3 is 1. The number of nitrogen functional groups attached to an aromatic ring is 1. The molecule has 4 rings (SSSR count). The molecule has 2 N–H and O–H groups in total. The molecule has 1 saturated heterocycles. The van der Waals surface area contributed by atoms with Gasteiger partial charge in [-0.2, -0.15) is 0 Å². The number of rotatable bonds is 9. The minimum atomic E-state index is -0.926. The Labute approximate surface area is 215 Å². The van der Waals surface area contributed by atoms with E-state index in [1.54, 1.807) is 17.0 Å². The SMILES string of the molecule is COC(=O)COC[C@@H]1C(=O)N(Cc2ccc3c(N)ncnc3c2)CCN1C(=O)COc1ccc(Cl)s1. The van der Waals surface area contributed by atoms with Crippen LogP contribution in [0.3, 0.4) is 0 Å². The van der Waals surface area contributed by atoms with Gasteiger partial charge < -0.3 is 29.7 Å². The number of thiophene rings is 1. The van der Waals surface area contributed by atoms with Gasteiger partial charge in [-0.15, -0.1) is 0 Å². The fourth-order valence-electron chi connectivity index (χ4n) is 3.80. The average Bonchev–Trinajstić information content (AvgIpc) is 3.29. The molecule has 1 fully saturated rings. The normalized spacial score (nSPS) is 15.8. The first kappa shape index (κ1) is 25.6. The van der Waals surface area contributed by atoms with E-state index in [-0.39, 0.29) is 38.2 Å². The van der Waals surface area contributed by atoms with Gasteiger partial charge in [0.1, 0.15) is 24.8 Å². The zero-order valence-corrected chi connectivity index (χ0v) is 21.0. The third-order valence-electron chi connectivity index (χ3n) is 5.62. The van der Waals surface area contributed by atoms with Crippen LogP contribution in [0.4, 0.5) is 5.82 Å². The molecule has 190 valence electrons. The molecule has 1 aromatic carbocycles. The molecule has 3 heterocycles. The standard InChI is InChI=1S/C23H24ClN5O6S/c1-33-20(31)12-34-10-17-23(32)28(9-14-2-3-15-16(8-14)26-13-27-22(15)25)6-7-29(17)19(30)11-35-21-5-4-18(24)36-21/h2-5,8,13,17H,6-7,9-12H2,1H3,(H2,25,26,27)/t17-/m1/s1. The number of piperazine rings is 1. The van der Waals surface area contributed by atoms with Crippen molar-refractivity contribution in [3.8, 4) is 5.06 Å². The Hall–Kier alpha value is -3.48. The molecular weight excluding hydrogens is 510 g/mol. The number of fused-ring (bicyclic) bond motifs is 1. The van der Waals surface area contributed by atoms with Crippen LogP contribution in [-0.2, 0) is 30.4 Å². The van der Waals surface area contributed by atoms with Crippen LogP contribution < -0.4 is 10.5 Å². The number of nitrogens with zero attached hydrogens (tertiary/aromatic N) is 4. The van der Waals surface area contributed by atoms with Crippen molar-refractivity contribution in [2.45, 2.75) is 12.6 Å². The van der Waals surface area contributed by atoms with Crippen LogP contribution in [0.1, 0.15) is 5.56 Å². The molecule has 0 aliphatic carbocycles. The highest BCUT2D eigenvalue weighted by Gasteiger charge is 2.38. The molecule has 13 heteroatoms. The molecule has 36 heavy (non-hydrogen) atoms. The van der Waals surface area contributed by atoms with Crippen molar-refractivity contribution in [3.63, 3.8) is 0 Å². The molecule has 11 nitrogen and oxygen atoms in total. The van der Waals surface area contributed by atoms with Crippen LogP contribution in [0.2, 0.25) is 4.34 Å². The van der Waals surface area contributed by atoms with Crippen molar-refractivity contribution in [2.24, 2.45) is 0 Å². The molecule has 3 aromatic rings. The minimum absolute atomic E-state index is 0.164. The van der Waals surface area contributed by atoms with Crippen LogP contribution in [0.25, 0.3) is 10.9 Å². The van der Waals surface area contributed by atoms with Gasteiger partial charge in [0.05, 0.1) is 23.6 Å². The number of carbonyl (C=O) groups excluding carboxylic acids is 3. The monoisotopic (exact) mass is 533 g/mol. The number of nitrogens with two attached hydrogens (primary N) is 1. The summed E-state index contributed by atoms with van der Waals surface area (Å²) in [4.78, 5) is 49.1. The summed E-state index contributed by atoms with van der Waals surface area (Å²) in [7, 11) is 1.24. The molecule has 2 amide bonds. The lowest BCUT2D eigenvalue weighted by atomic mass is 10.1. The Morgan fingerprint density at radius 3 is 2.78 bits per heavy atom. The number of ether oxygens (including phenoxy) is 3. The predicted octanol–water partition coefficient (Wildman–Crippen LogP) is 1.73. The summed E-state index contributed by atoms with van der Waals surface area (Å²) in [5.74, 6) is -0.883. The average molecular weight is 534 g/mol. The zero-order chi connectivity index (χ0) is 25.7. The summed E-state index contributed by atoms with van der Waals surface area (Å²) >= 11 is 7.11. The van der Waals surface area contributed by atoms with Crippen molar-refractivity contribution in [3.05, 3.63) is 46.6 Å². The molecular formula is C23H24ClN5O6S. The van der Waals surface area contributed by atoms with Crippen LogP contribution in [0.15, 0.2) is 36.7 Å². The number of benzene rings is 1. The first-order valence-corrected chi connectivity index (χ1v) is 12.1. The van der Waals surface area contributed by atoms with Crippen LogP contribution >= 0.6 is 22.9 Å². The van der Waals surface area contributed by atoms with Crippen LogP contribution in [0.5, 0.6) is 5.06 Å². The van der Waals surface area contributed by atoms with Gasteiger partial charge in [-0.25, -0.2) is 14.8 Å². The maximum Gasteiger partial charge on any atom is 0.331 e. The lowest BCUT2D eigenvalue weighted by molar-refractivity contribution is -0.158. The molecule has 0 bridgehead atoms. The molecule has 0 radical (unpaired) electrons. The molecule has 1 atom stereocenters. The Balaban J connectivity index is 1.46. The van der Waals surface area contributed by atoms with Gasteiger partial charge >= 0.3 is 5.97 Å². The predicted molar refractivity (Wildman–Crippen MR) is 133 cm³/mol. The Bertz CT molecular complexity index is 1270. The summed E-state index contributed by atoms with van der Waals surface area (Å²) < 4.78 is 16.1. The van der Waals surface area contributed by atoms with E-state index in [4.69, 9.17) is 26.8 Å². The molecule has 0 spiro atoms. The summed E-state index contributed by atoms with van der Waals surface area (Å²) in [5, 5.41) is 1.22. The van der Waals surface area contributed by atoms with Crippen LogP contribution in [0, 0.1) is 0 Å². The maximum absolute atomic E-state index is 13.4. The zero-order valence-electron chi connectivity index (χ0n) is 19.4. The third kappa shape index (κ3) is 6.01. The van der Waals surface area contributed by atoms with E-state index in [1.807, 2.05) is 18.2 Å². The van der Waals surface area contributed by atoms with E-state index in [2.05, 4.69) is 14.7 Å². The minimum Gasteiger partial charge on any atom is -0.474 e. The van der Waals surface area contributed by atoms with Gasteiger partial charge in [-0.1, -0.05) is 29.0 Å². The van der Waals surface area contributed by atoms with Crippen LogP contribution in [-0.4, -0.2) is 83.6 Å². The van der Waals surface area contributed by atoms with E-state index in [0.29, 0.717) is 33.8 Å². The van der Waals surface area contributed by atoms with Crippen molar-refractivity contribution < 1.29 is 28.6 Å². The highest BCUT2D eigenvalue weighted by molar-refractivity contribution is 7.17. The number of aromatic nitrogens is 2. The van der Waals surface area contributed by atoms with Gasteiger partial charge in [0.25, 0.3) is 5.91 Å². The fourth-order valence-corrected chi connectivity index (χ4v) is 4.67. The van der Waals surface area contributed by atoms with Gasteiger partial charge in [-0.3, -0.25) is 9.59 Å². The highest BCUT2D eigenvalue weighted by Crippen LogP contribution is 2.28. The van der Waals surface area contributed by atoms with E-state index in [0.717, 1.165) is 10.9 Å². The summed E-state index contributed by atoms with van der Waals surface area (Å²) in [6.45, 7) is 0.129. The Morgan fingerprint density at radius 2 is 2.03 bits per heavy atom.